The van der Waals surface area contributed by atoms with E-state index in [-0.39, 0.29) is 18.1 Å². The molecule has 2 rings (SSSR count). The van der Waals surface area contributed by atoms with Crippen molar-refractivity contribution in [2.24, 2.45) is 0 Å². The summed E-state index contributed by atoms with van der Waals surface area (Å²) >= 11 is 3.20. The van der Waals surface area contributed by atoms with E-state index in [1.807, 2.05) is 4.90 Å². The standard InChI is InChI=1S/C13H15BrFNO/c14-11-5-4-10(12(15)9-11)8-13(17)16-6-2-1-3-7-16/h4-5,9H,1-3,6-8H2. The third-order valence-electron chi connectivity index (χ3n) is 3.07. The smallest absolute Gasteiger partial charge is 0.227 e. The minimum Gasteiger partial charge on any atom is -0.342 e. The number of hydrogen-bond acceptors (Lipinski definition) is 1. The predicted octanol–water partition coefficient (Wildman–Crippen LogP) is 3.14. The molecule has 0 spiro atoms. The Morgan fingerprint density at radius 2 is 2.00 bits per heavy atom. The van der Waals surface area contributed by atoms with Crippen molar-refractivity contribution in [3.8, 4) is 0 Å². The van der Waals surface area contributed by atoms with Crippen molar-refractivity contribution in [3.63, 3.8) is 0 Å². The molecule has 1 aromatic carbocycles. The van der Waals surface area contributed by atoms with Crippen molar-refractivity contribution in [2.45, 2.75) is 25.7 Å². The molecule has 0 atom stereocenters. The third-order valence-corrected chi connectivity index (χ3v) is 3.56. The van der Waals surface area contributed by atoms with E-state index in [9.17, 15) is 9.18 Å². The van der Waals surface area contributed by atoms with Crippen LogP contribution in [0.15, 0.2) is 22.7 Å². The molecule has 0 bridgehead atoms. The zero-order valence-corrected chi connectivity index (χ0v) is 11.2. The molecule has 1 aliphatic rings. The molecular formula is C13H15BrFNO. The van der Waals surface area contributed by atoms with Gasteiger partial charge in [-0.05, 0) is 37.0 Å². The molecule has 17 heavy (non-hydrogen) atoms. The van der Waals surface area contributed by atoms with E-state index in [2.05, 4.69) is 15.9 Å². The largest absolute Gasteiger partial charge is 0.342 e. The number of halogens is 2. The van der Waals surface area contributed by atoms with Crippen LogP contribution in [0.1, 0.15) is 24.8 Å². The normalized spacial score (nSPS) is 16.0. The molecule has 1 fully saturated rings. The number of carbonyl (C=O) groups is 1. The first kappa shape index (κ1) is 12.6. The van der Waals surface area contributed by atoms with Gasteiger partial charge in [-0.25, -0.2) is 4.39 Å². The van der Waals surface area contributed by atoms with Crippen LogP contribution >= 0.6 is 15.9 Å². The van der Waals surface area contributed by atoms with Crippen LogP contribution in [0.5, 0.6) is 0 Å². The first-order valence-corrected chi connectivity index (χ1v) is 6.68. The molecule has 0 radical (unpaired) electrons. The van der Waals surface area contributed by atoms with Crippen molar-refractivity contribution in [2.75, 3.05) is 13.1 Å². The number of amides is 1. The van der Waals surface area contributed by atoms with Crippen LogP contribution in [-0.2, 0) is 11.2 Å². The molecule has 0 aliphatic carbocycles. The Morgan fingerprint density at radius 1 is 1.29 bits per heavy atom. The first-order valence-electron chi connectivity index (χ1n) is 5.88. The Hall–Kier alpha value is -0.900. The summed E-state index contributed by atoms with van der Waals surface area (Å²) in [4.78, 5) is 13.8. The molecule has 0 N–H and O–H groups in total. The zero-order valence-electron chi connectivity index (χ0n) is 9.59. The van der Waals surface area contributed by atoms with Gasteiger partial charge in [0.05, 0.1) is 6.42 Å². The van der Waals surface area contributed by atoms with Crippen molar-refractivity contribution in [1.82, 2.24) is 4.90 Å². The maximum Gasteiger partial charge on any atom is 0.227 e. The second-order valence-corrected chi connectivity index (χ2v) is 5.27. The Balaban J connectivity index is 2.02. The molecule has 1 amide bonds. The minimum atomic E-state index is -0.315. The summed E-state index contributed by atoms with van der Waals surface area (Å²) in [7, 11) is 0. The van der Waals surface area contributed by atoms with E-state index in [0.29, 0.717) is 10.0 Å². The van der Waals surface area contributed by atoms with Crippen LogP contribution < -0.4 is 0 Å². The van der Waals surface area contributed by atoms with E-state index in [4.69, 9.17) is 0 Å². The van der Waals surface area contributed by atoms with Crippen LogP contribution in [0, 0.1) is 5.82 Å². The van der Waals surface area contributed by atoms with Crippen molar-refractivity contribution < 1.29 is 9.18 Å². The van der Waals surface area contributed by atoms with Gasteiger partial charge in [-0.1, -0.05) is 22.0 Å². The van der Waals surface area contributed by atoms with Crippen LogP contribution in [-0.4, -0.2) is 23.9 Å². The fourth-order valence-corrected chi connectivity index (χ4v) is 2.42. The Bertz CT molecular complexity index is 416. The second-order valence-electron chi connectivity index (χ2n) is 4.35. The van der Waals surface area contributed by atoms with Gasteiger partial charge in [0, 0.05) is 17.6 Å². The topological polar surface area (TPSA) is 20.3 Å². The number of hydrogen-bond donors (Lipinski definition) is 0. The van der Waals surface area contributed by atoms with Crippen LogP contribution in [0.25, 0.3) is 0 Å². The van der Waals surface area contributed by atoms with Gasteiger partial charge in [0.25, 0.3) is 0 Å². The maximum absolute atomic E-state index is 13.6. The van der Waals surface area contributed by atoms with Crippen LogP contribution in [0.4, 0.5) is 4.39 Å². The zero-order chi connectivity index (χ0) is 12.3. The quantitative estimate of drug-likeness (QED) is 0.821. The molecule has 1 aliphatic heterocycles. The van der Waals surface area contributed by atoms with Gasteiger partial charge < -0.3 is 4.90 Å². The monoisotopic (exact) mass is 299 g/mol. The summed E-state index contributed by atoms with van der Waals surface area (Å²) in [6, 6.07) is 4.84. The molecule has 92 valence electrons. The lowest BCUT2D eigenvalue weighted by Gasteiger charge is -2.26. The third kappa shape index (κ3) is 3.28. The summed E-state index contributed by atoms with van der Waals surface area (Å²) in [5.41, 5.74) is 0.476. The van der Waals surface area contributed by atoms with Crippen molar-refractivity contribution in [3.05, 3.63) is 34.1 Å². The summed E-state index contributed by atoms with van der Waals surface area (Å²) in [5.74, 6) is -0.282. The highest BCUT2D eigenvalue weighted by atomic mass is 79.9. The molecule has 0 unspecified atom stereocenters. The molecule has 1 heterocycles. The van der Waals surface area contributed by atoms with E-state index in [1.165, 1.54) is 12.5 Å². The van der Waals surface area contributed by atoms with Crippen molar-refractivity contribution in [1.29, 1.82) is 0 Å². The number of benzene rings is 1. The maximum atomic E-state index is 13.6. The second kappa shape index (κ2) is 5.63. The number of carbonyl (C=O) groups excluding carboxylic acids is 1. The molecular weight excluding hydrogens is 285 g/mol. The van der Waals surface area contributed by atoms with E-state index >= 15 is 0 Å². The lowest BCUT2D eigenvalue weighted by atomic mass is 10.1. The summed E-state index contributed by atoms with van der Waals surface area (Å²) < 4.78 is 14.3. The lowest BCUT2D eigenvalue weighted by Crippen LogP contribution is -2.36. The number of likely N-dealkylation sites (tertiary alicyclic amines) is 1. The average Bonchev–Trinajstić information content (AvgIpc) is 2.34. The molecule has 2 nitrogen and oxygen atoms in total. The highest BCUT2D eigenvalue weighted by Crippen LogP contribution is 2.17. The summed E-state index contributed by atoms with van der Waals surface area (Å²) in [6.45, 7) is 1.63. The van der Waals surface area contributed by atoms with Crippen LogP contribution in [0.2, 0.25) is 0 Å². The minimum absolute atomic E-state index is 0.0333. The highest BCUT2D eigenvalue weighted by molar-refractivity contribution is 9.10. The number of piperidine rings is 1. The fraction of sp³-hybridized carbons (Fsp3) is 0.462. The Labute approximate surface area is 109 Å². The molecule has 0 aromatic heterocycles. The summed E-state index contributed by atoms with van der Waals surface area (Å²) in [6.07, 6.45) is 3.48. The van der Waals surface area contributed by atoms with Crippen LogP contribution in [0.3, 0.4) is 0 Å². The van der Waals surface area contributed by atoms with Gasteiger partial charge in [-0.15, -0.1) is 0 Å². The van der Waals surface area contributed by atoms with Gasteiger partial charge in [0.1, 0.15) is 5.82 Å². The highest BCUT2D eigenvalue weighted by Gasteiger charge is 2.17. The number of nitrogens with zero attached hydrogens (tertiary/aromatic N) is 1. The van der Waals surface area contributed by atoms with E-state index in [0.717, 1.165) is 25.9 Å². The van der Waals surface area contributed by atoms with Gasteiger partial charge in [0.2, 0.25) is 5.91 Å². The molecule has 4 heteroatoms. The van der Waals surface area contributed by atoms with Gasteiger partial charge in [0.15, 0.2) is 0 Å². The Kier molecular flexibility index (Phi) is 4.15. The molecule has 1 saturated heterocycles. The SMILES string of the molecule is O=C(Cc1ccc(Br)cc1F)N1CCCCC1. The predicted molar refractivity (Wildman–Crippen MR) is 68.2 cm³/mol. The van der Waals surface area contributed by atoms with E-state index in [1.54, 1.807) is 12.1 Å². The summed E-state index contributed by atoms with van der Waals surface area (Å²) in [5, 5.41) is 0. The van der Waals surface area contributed by atoms with Gasteiger partial charge >= 0.3 is 0 Å². The Morgan fingerprint density at radius 3 is 2.65 bits per heavy atom. The first-order chi connectivity index (χ1) is 8.16. The molecule has 0 saturated carbocycles. The van der Waals surface area contributed by atoms with E-state index < -0.39 is 0 Å². The molecule has 1 aromatic rings. The fourth-order valence-electron chi connectivity index (χ4n) is 2.08. The van der Waals surface area contributed by atoms with Crippen molar-refractivity contribution >= 4 is 21.8 Å². The average molecular weight is 300 g/mol. The number of rotatable bonds is 2. The van der Waals surface area contributed by atoms with Gasteiger partial charge in [-0.3, -0.25) is 4.79 Å². The lowest BCUT2D eigenvalue weighted by molar-refractivity contribution is -0.131. The van der Waals surface area contributed by atoms with Gasteiger partial charge in [-0.2, -0.15) is 0 Å².